The van der Waals surface area contributed by atoms with E-state index in [9.17, 15) is 35.1 Å². The lowest BCUT2D eigenvalue weighted by Crippen LogP contribution is -2.61. The molecule has 1 amide bonds. The summed E-state index contributed by atoms with van der Waals surface area (Å²) in [7, 11) is 0. The van der Waals surface area contributed by atoms with E-state index in [1.54, 1.807) is 6.08 Å². The summed E-state index contributed by atoms with van der Waals surface area (Å²) >= 11 is 0. The molecule has 8 atom stereocenters. The number of rotatable bonds is 51. The first-order valence-corrected chi connectivity index (χ1v) is 30.8. The lowest BCUT2D eigenvalue weighted by molar-refractivity contribution is -0.305. The van der Waals surface area contributed by atoms with Gasteiger partial charge in [-0.15, -0.1) is 0 Å². The lowest BCUT2D eigenvalue weighted by atomic mass is 9.99. The molecule has 75 heavy (non-hydrogen) atoms. The summed E-state index contributed by atoms with van der Waals surface area (Å²) in [5.41, 5.74) is 0. The van der Waals surface area contributed by atoms with E-state index in [-0.39, 0.29) is 19.4 Å². The van der Waals surface area contributed by atoms with E-state index >= 15 is 0 Å². The molecule has 11 heteroatoms. The van der Waals surface area contributed by atoms with Crippen LogP contribution in [0.3, 0.4) is 0 Å². The van der Waals surface area contributed by atoms with Crippen LogP contribution >= 0.6 is 0 Å². The number of carbonyl (C=O) groups is 2. The fourth-order valence-electron chi connectivity index (χ4n) is 9.39. The summed E-state index contributed by atoms with van der Waals surface area (Å²) in [6.45, 7) is 5.60. The summed E-state index contributed by atoms with van der Waals surface area (Å²) < 4.78 is 17.5. The van der Waals surface area contributed by atoms with Crippen molar-refractivity contribution < 1.29 is 49.3 Å². The van der Waals surface area contributed by atoms with Gasteiger partial charge >= 0.3 is 5.97 Å². The Morgan fingerprint density at radius 3 is 1.43 bits per heavy atom. The number of allylic oxidation sites excluding steroid dienone is 11. The minimum atomic E-state index is -1.64. The highest BCUT2D eigenvalue weighted by Crippen LogP contribution is 2.26. The van der Waals surface area contributed by atoms with Crippen molar-refractivity contribution in [3.05, 3.63) is 72.9 Å². The quantitative estimate of drug-likeness (QED) is 0.0149. The monoisotopic (exact) mass is 1060 g/mol. The van der Waals surface area contributed by atoms with E-state index in [0.29, 0.717) is 19.3 Å². The Morgan fingerprint density at radius 1 is 0.533 bits per heavy atom. The van der Waals surface area contributed by atoms with Gasteiger partial charge in [-0.25, -0.2) is 0 Å². The van der Waals surface area contributed by atoms with Crippen LogP contribution in [0.2, 0.25) is 0 Å². The molecular formula is C64H113NO10. The summed E-state index contributed by atoms with van der Waals surface area (Å²) in [5.74, 6) is -1.27. The molecule has 0 aromatic carbocycles. The fourth-order valence-corrected chi connectivity index (χ4v) is 9.39. The van der Waals surface area contributed by atoms with Crippen LogP contribution in [0, 0.1) is 0 Å². The number of amides is 1. The molecule has 0 bridgehead atoms. The second kappa shape index (κ2) is 51.8. The number of unbranched alkanes of at least 4 members (excludes halogenated alkanes) is 31. The van der Waals surface area contributed by atoms with Gasteiger partial charge in [-0.2, -0.15) is 0 Å². The predicted octanol–water partition coefficient (Wildman–Crippen LogP) is 14.4. The Morgan fingerprint density at radius 2 is 0.960 bits per heavy atom. The maximum atomic E-state index is 13.4. The number of hydrogen-bond donors (Lipinski definition) is 6. The van der Waals surface area contributed by atoms with Crippen LogP contribution in [0.15, 0.2) is 72.9 Å². The SMILES string of the molecule is CC/C=C/C=C/C=C\C=C/C=C/CCCC(=O)OC1C(OCC(NC(=O)C(O)CCCCCCCCCCCCCCCCCCCCCCCC)C(O)/C=C/CCCCCCCCCCC)OC(CO)C(O)C1O. The first-order valence-electron chi connectivity index (χ1n) is 30.8. The molecule has 1 rings (SSSR count). The van der Waals surface area contributed by atoms with Gasteiger partial charge in [-0.1, -0.05) is 286 Å². The summed E-state index contributed by atoms with van der Waals surface area (Å²) in [6, 6.07) is -1.04. The van der Waals surface area contributed by atoms with Crippen LogP contribution in [0.1, 0.15) is 258 Å². The van der Waals surface area contributed by atoms with Gasteiger partial charge in [0.1, 0.15) is 24.4 Å². The number of aliphatic hydroxyl groups is 5. The van der Waals surface area contributed by atoms with Crippen LogP contribution in [-0.2, 0) is 23.8 Å². The van der Waals surface area contributed by atoms with Gasteiger partial charge in [0.25, 0.3) is 0 Å². The highest BCUT2D eigenvalue weighted by molar-refractivity contribution is 5.80. The third-order valence-corrected chi connectivity index (χ3v) is 14.3. The number of esters is 1. The van der Waals surface area contributed by atoms with E-state index in [2.05, 4.69) is 32.2 Å². The van der Waals surface area contributed by atoms with Gasteiger partial charge < -0.3 is 45.1 Å². The molecule has 8 unspecified atom stereocenters. The zero-order valence-electron chi connectivity index (χ0n) is 47.9. The molecule has 0 saturated carbocycles. The van der Waals surface area contributed by atoms with E-state index in [1.807, 2.05) is 60.8 Å². The lowest BCUT2D eigenvalue weighted by Gasteiger charge is -2.41. The number of aliphatic hydroxyl groups excluding tert-OH is 5. The van der Waals surface area contributed by atoms with Crippen molar-refractivity contribution in [2.75, 3.05) is 13.2 Å². The molecule has 0 spiro atoms. The summed E-state index contributed by atoms with van der Waals surface area (Å²) in [4.78, 5) is 26.4. The Balaban J connectivity index is 2.65. The molecular weight excluding hydrogens is 943 g/mol. The zero-order chi connectivity index (χ0) is 54.7. The van der Waals surface area contributed by atoms with Crippen molar-refractivity contribution in [2.24, 2.45) is 0 Å². The minimum absolute atomic E-state index is 0.0259. The van der Waals surface area contributed by atoms with Crippen LogP contribution in [0.5, 0.6) is 0 Å². The molecule has 0 radical (unpaired) electrons. The molecule has 434 valence electrons. The molecule has 0 aromatic heterocycles. The number of ether oxygens (including phenoxy) is 3. The van der Waals surface area contributed by atoms with Crippen LogP contribution < -0.4 is 5.32 Å². The van der Waals surface area contributed by atoms with Crippen molar-refractivity contribution in [3.8, 4) is 0 Å². The molecule has 0 aromatic rings. The third-order valence-electron chi connectivity index (χ3n) is 14.3. The van der Waals surface area contributed by atoms with Gasteiger partial charge in [0.05, 0.1) is 25.4 Å². The Hall–Kier alpha value is -2.90. The maximum absolute atomic E-state index is 13.4. The molecule has 0 aliphatic carbocycles. The first kappa shape index (κ1) is 70.1. The van der Waals surface area contributed by atoms with Crippen molar-refractivity contribution in [1.29, 1.82) is 0 Å². The van der Waals surface area contributed by atoms with E-state index in [1.165, 1.54) is 154 Å². The average molecular weight is 1060 g/mol. The topological polar surface area (TPSA) is 175 Å². The zero-order valence-corrected chi connectivity index (χ0v) is 47.9. The molecule has 1 aliphatic rings. The normalized spacial score (nSPS) is 19.7. The Bertz CT molecular complexity index is 1490. The van der Waals surface area contributed by atoms with Gasteiger partial charge in [-0.05, 0) is 38.5 Å². The highest BCUT2D eigenvalue weighted by Gasteiger charge is 2.47. The second-order valence-electron chi connectivity index (χ2n) is 21.2. The van der Waals surface area contributed by atoms with Crippen LogP contribution in [0.25, 0.3) is 0 Å². The molecule has 1 fully saturated rings. The van der Waals surface area contributed by atoms with Gasteiger partial charge in [0.2, 0.25) is 5.91 Å². The number of nitrogens with one attached hydrogen (secondary N) is 1. The first-order chi connectivity index (χ1) is 36.7. The van der Waals surface area contributed by atoms with E-state index in [4.69, 9.17) is 14.2 Å². The Labute approximate surface area is 458 Å². The molecule has 6 N–H and O–H groups in total. The molecule has 1 heterocycles. The van der Waals surface area contributed by atoms with Gasteiger partial charge in [-0.3, -0.25) is 9.59 Å². The second-order valence-corrected chi connectivity index (χ2v) is 21.2. The molecule has 1 aliphatic heterocycles. The fraction of sp³-hybridized carbons (Fsp3) is 0.781. The average Bonchev–Trinajstić information content (AvgIpc) is 3.41. The van der Waals surface area contributed by atoms with Crippen molar-refractivity contribution in [1.82, 2.24) is 5.32 Å². The molecule has 11 nitrogen and oxygen atoms in total. The van der Waals surface area contributed by atoms with E-state index < -0.39 is 67.4 Å². The van der Waals surface area contributed by atoms with Crippen molar-refractivity contribution >= 4 is 11.9 Å². The predicted molar refractivity (Wildman–Crippen MR) is 310 cm³/mol. The third kappa shape index (κ3) is 40.0. The molecule has 1 saturated heterocycles. The summed E-state index contributed by atoms with van der Waals surface area (Å²) in [5, 5.41) is 56.8. The Kier molecular flexibility index (Phi) is 48.5. The maximum Gasteiger partial charge on any atom is 0.306 e. The van der Waals surface area contributed by atoms with Crippen LogP contribution in [0.4, 0.5) is 0 Å². The van der Waals surface area contributed by atoms with E-state index in [0.717, 1.165) is 51.4 Å². The largest absolute Gasteiger partial charge is 0.454 e. The summed E-state index contributed by atoms with van der Waals surface area (Å²) in [6.07, 6.45) is 55.4. The van der Waals surface area contributed by atoms with Crippen molar-refractivity contribution in [2.45, 2.75) is 307 Å². The van der Waals surface area contributed by atoms with Crippen molar-refractivity contribution in [3.63, 3.8) is 0 Å². The standard InChI is InChI=1S/C64H113NO10/c1-4-7-10-13-16-19-22-24-25-26-27-28-29-30-31-32-34-36-39-42-45-48-51-57(68)63(72)65-55(56(67)50-47-44-41-38-35-21-18-15-12-9-6-3)54-73-64-62(61(71)60(70)58(53-66)74-64)75-59(69)52-49-46-43-40-37-33-23-20-17-14-11-8-5-2/h8,11,14,17,20,23,33,37,40,43,47,50,55-58,60-62,64,66-68,70-71H,4-7,9-10,12-13,15-16,18-19,21-22,24-32,34-36,38-39,41-42,44-46,48-49,51-54H2,1-3H3,(H,65,72)/b11-8+,17-14+,23-20-,37-33-,43-40+,50-47+. The number of hydrogen-bond acceptors (Lipinski definition) is 10. The minimum Gasteiger partial charge on any atom is -0.454 e. The van der Waals surface area contributed by atoms with Gasteiger partial charge in [0.15, 0.2) is 12.4 Å². The highest BCUT2D eigenvalue weighted by atomic mass is 16.7. The van der Waals surface area contributed by atoms with Crippen LogP contribution in [-0.4, -0.2) is 99.6 Å². The number of carbonyl (C=O) groups excluding carboxylic acids is 2. The smallest absolute Gasteiger partial charge is 0.306 e. The van der Waals surface area contributed by atoms with Gasteiger partial charge in [0, 0.05) is 6.42 Å².